The summed E-state index contributed by atoms with van der Waals surface area (Å²) in [5.74, 6) is 1.01. The van der Waals surface area contributed by atoms with Gasteiger partial charge in [0, 0.05) is 56.3 Å². The number of likely N-dealkylation sites (tertiary alicyclic amines) is 1. The summed E-state index contributed by atoms with van der Waals surface area (Å²) in [5.41, 5.74) is 9.36. The molecule has 176 valence electrons. The molecule has 3 aliphatic rings. The van der Waals surface area contributed by atoms with Gasteiger partial charge in [-0.25, -0.2) is 4.98 Å². The number of benzene rings is 1. The summed E-state index contributed by atoms with van der Waals surface area (Å²) < 4.78 is 0. The van der Waals surface area contributed by atoms with Crippen LogP contribution in [0.5, 0.6) is 0 Å². The molecule has 1 aliphatic carbocycles. The number of carbonyl (C=O) groups is 2. The summed E-state index contributed by atoms with van der Waals surface area (Å²) in [5, 5.41) is 3.00. The van der Waals surface area contributed by atoms with Crippen LogP contribution in [0.1, 0.15) is 48.0 Å². The highest BCUT2D eigenvalue weighted by Gasteiger charge is 2.44. The van der Waals surface area contributed by atoms with E-state index in [1.54, 1.807) is 13.1 Å². The van der Waals surface area contributed by atoms with E-state index in [0.29, 0.717) is 17.7 Å². The minimum Gasteiger partial charge on any atom is -0.397 e. The summed E-state index contributed by atoms with van der Waals surface area (Å²) in [4.78, 5) is 33.5. The first-order chi connectivity index (χ1) is 16.4. The van der Waals surface area contributed by atoms with Gasteiger partial charge in [0.2, 0.25) is 5.91 Å². The van der Waals surface area contributed by atoms with E-state index in [1.807, 2.05) is 41.3 Å². The summed E-state index contributed by atoms with van der Waals surface area (Å²) in [6, 6.07) is 13.9. The van der Waals surface area contributed by atoms with Crippen molar-refractivity contribution in [2.24, 2.45) is 11.1 Å². The maximum atomic E-state index is 12.9. The molecule has 2 aromatic rings. The van der Waals surface area contributed by atoms with Crippen LogP contribution >= 0.6 is 0 Å². The van der Waals surface area contributed by atoms with Crippen LogP contribution in [-0.4, -0.2) is 47.9 Å². The molecule has 1 aromatic carbocycles. The Kier molecular flexibility index (Phi) is 5.86. The fraction of sp³-hybridized carbons (Fsp3) is 0.370. The quantitative estimate of drug-likeness (QED) is 0.736. The van der Waals surface area contributed by atoms with Gasteiger partial charge in [0.15, 0.2) is 0 Å². The first-order valence-corrected chi connectivity index (χ1v) is 11.9. The smallest absolute Gasteiger partial charge is 0.257 e. The number of nitrogens with two attached hydrogens (primary N) is 1. The fourth-order valence-corrected chi connectivity index (χ4v) is 5.36. The van der Waals surface area contributed by atoms with Gasteiger partial charge < -0.3 is 20.9 Å². The Hall–Kier alpha value is -3.61. The number of hydrogen-bond donors (Lipinski definition) is 2. The maximum absolute atomic E-state index is 12.9. The van der Waals surface area contributed by atoms with Gasteiger partial charge in [0.05, 0.1) is 11.3 Å². The molecular formula is C27H31N5O2. The first kappa shape index (κ1) is 22.2. The Morgan fingerprint density at radius 2 is 1.88 bits per heavy atom. The van der Waals surface area contributed by atoms with Crippen molar-refractivity contribution in [2.45, 2.75) is 32.1 Å². The molecule has 7 nitrogen and oxygen atoms in total. The number of nitrogens with one attached hydrogen (secondary N) is 1. The van der Waals surface area contributed by atoms with Gasteiger partial charge in [0.1, 0.15) is 5.82 Å². The number of carbonyl (C=O) groups excluding carboxylic acids is 2. The highest BCUT2D eigenvalue weighted by Crippen LogP contribution is 2.40. The Balaban J connectivity index is 1.22. The van der Waals surface area contributed by atoms with Crippen LogP contribution < -0.4 is 16.0 Å². The summed E-state index contributed by atoms with van der Waals surface area (Å²) in [7, 11) is 0. The standard InChI is InChI=1S/C27H31N5O2/c1-19(33)31-13-11-27(17-31)12-14-32(18-27)25-10-8-22(16-29-25)26(34)30-24-15-21(7-9-23(24)28)20-5-3-2-4-6-20/h2-10,16,21H,11-15,17-18,28H2,1H3,(H,30,34). The molecule has 2 atom stereocenters. The van der Waals surface area contributed by atoms with Gasteiger partial charge in [-0.1, -0.05) is 36.4 Å². The van der Waals surface area contributed by atoms with E-state index in [4.69, 9.17) is 5.73 Å². The lowest BCUT2D eigenvalue weighted by Crippen LogP contribution is -2.33. The molecule has 0 radical (unpaired) electrons. The number of anilines is 1. The Morgan fingerprint density at radius 3 is 2.59 bits per heavy atom. The van der Waals surface area contributed by atoms with E-state index in [-0.39, 0.29) is 23.1 Å². The molecule has 1 spiro atoms. The number of amides is 2. The van der Waals surface area contributed by atoms with Crippen molar-refractivity contribution in [3.63, 3.8) is 0 Å². The molecule has 2 aliphatic heterocycles. The van der Waals surface area contributed by atoms with Crippen molar-refractivity contribution in [1.82, 2.24) is 15.2 Å². The zero-order chi connectivity index (χ0) is 23.7. The Bertz CT molecular complexity index is 1140. The second kappa shape index (κ2) is 8.97. The normalized spacial score (nSPS) is 24.2. The number of hydrogen-bond acceptors (Lipinski definition) is 5. The highest BCUT2D eigenvalue weighted by atomic mass is 16.2. The van der Waals surface area contributed by atoms with Crippen molar-refractivity contribution < 1.29 is 9.59 Å². The largest absolute Gasteiger partial charge is 0.397 e. The molecule has 1 aromatic heterocycles. The van der Waals surface area contributed by atoms with Crippen LogP contribution in [0.25, 0.3) is 0 Å². The Labute approximate surface area is 200 Å². The maximum Gasteiger partial charge on any atom is 0.257 e. The molecule has 2 amide bonds. The topological polar surface area (TPSA) is 91.6 Å². The SMILES string of the molecule is CC(=O)N1CCC2(CCN(c3ccc(C(=O)NC4=C(N)C=CC(c5ccccc5)C4)cn3)C2)C1. The van der Waals surface area contributed by atoms with Crippen molar-refractivity contribution in [3.8, 4) is 0 Å². The average Bonchev–Trinajstić information content (AvgIpc) is 3.48. The van der Waals surface area contributed by atoms with Gasteiger partial charge in [-0.05, 0) is 43.0 Å². The highest BCUT2D eigenvalue weighted by molar-refractivity contribution is 5.95. The number of aromatic nitrogens is 1. The van der Waals surface area contributed by atoms with Gasteiger partial charge in [-0.15, -0.1) is 0 Å². The van der Waals surface area contributed by atoms with E-state index in [1.165, 1.54) is 5.56 Å². The third-order valence-corrected chi connectivity index (χ3v) is 7.43. The molecule has 5 rings (SSSR count). The van der Waals surface area contributed by atoms with Crippen LogP contribution in [0.2, 0.25) is 0 Å². The van der Waals surface area contributed by atoms with Crippen molar-refractivity contribution >= 4 is 17.6 Å². The lowest BCUT2D eigenvalue weighted by molar-refractivity contribution is -0.128. The minimum absolute atomic E-state index is 0.156. The van der Waals surface area contributed by atoms with Crippen LogP contribution in [0.4, 0.5) is 5.82 Å². The number of allylic oxidation sites excluding steroid dienone is 3. The minimum atomic E-state index is -0.204. The second-order valence-corrected chi connectivity index (χ2v) is 9.74. The Morgan fingerprint density at radius 1 is 1.09 bits per heavy atom. The van der Waals surface area contributed by atoms with E-state index < -0.39 is 0 Å². The molecule has 34 heavy (non-hydrogen) atoms. The molecule has 0 bridgehead atoms. The average molecular weight is 458 g/mol. The van der Waals surface area contributed by atoms with Crippen LogP contribution in [0.3, 0.4) is 0 Å². The predicted octanol–water partition coefficient (Wildman–Crippen LogP) is 3.17. The van der Waals surface area contributed by atoms with Gasteiger partial charge in [-0.3, -0.25) is 9.59 Å². The van der Waals surface area contributed by atoms with Crippen molar-refractivity contribution in [2.75, 3.05) is 31.1 Å². The van der Waals surface area contributed by atoms with Crippen LogP contribution in [0, 0.1) is 5.41 Å². The van der Waals surface area contributed by atoms with E-state index in [0.717, 1.165) is 50.5 Å². The molecule has 2 fully saturated rings. The summed E-state index contributed by atoms with van der Waals surface area (Å²) in [6.45, 7) is 5.13. The van der Waals surface area contributed by atoms with E-state index in [9.17, 15) is 9.59 Å². The molecule has 0 saturated carbocycles. The van der Waals surface area contributed by atoms with Crippen LogP contribution in [-0.2, 0) is 4.79 Å². The number of rotatable bonds is 4. The lowest BCUT2D eigenvalue weighted by atomic mass is 9.86. The van der Waals surface area contributed by atoms with Crippen LogP contribution in [0.15, 0.2) is 72.2 Å². The second-order valence-electron chi connectivity index (χ2n) is 9.74. The zero-order valence-electron chi connectivity index (χ0n) is 19.5. The van der Waals surface area contributed by atoms with E-state index in [2.05, 4.69) is 33.4 Å². The summed E-state index contributed by atoms with van der Waals surface area (Å²) >= 11 is 0. The van der Waals surface area contributed by atoms with Gasteiger partial charge >= 0.3 is 0 Å². The fourth-order valence-electron chi connectivity index (χ4n) is 5.36. The molecular weight excluding hydrogens is 426 g/mol. The van der Waals surface area contributed by atoms with Crippen molar-refractivity contribution in [3.05, 3.63) is 83.3 Å². The molecule has 2 saturated heterocycles. The number of nitrogens with zero attached hydrogens (tertiary/aromatic N) is 3. The lowest BCUT2D eigenvalue weighted by Gasteiger charge is -2.25. The third-order valence-electron chi connectivity index (χ3n) is 7.43. The van der Waals surface area contributed by atoms with E-state index >= 15 is 0 Å². The predicted molar refractivity (Wildman–Crippen MR) is 132 cm³/mol. The summed E-state index contributed by atoms with van der Waals surface area (Å²) in [6.07, 6.45) is 8.34. The van der Waals surface area contributed by atoms with Gasteiger partial charge in [-0.2, -0.15) is 0 Å². The molecule has 3 N–H and O–H groups in total. The zero-order valence-corrected chi connectivity index (χ0v) is 19.5. The first-order valence-electron chi connectivity index (χ1n) is 11.9. The van der Waals surface area contributed by atoms with Gasteiger partial charge in [0.25, 0.3) is 5.91 Å². The third kappa shape index (κ3) is 4.42. The molecule has 3 heterocycles. The monoisotopic (exact) mass is 457 g/mol. The van der Waals surface area contributed by atoms with Crippen molar-refractivity contribution in [1.29, 1.82) is 0 Å². The number of pyridine rings is 1. The molecule has 7 heteroatoms. The molecule has 2 unspecified atom stereocenters.